The van der Waals surface area contributed by atoms with Crippen molar-refractivity contribution in [2.75, 3.05) is 26.2 Å². The highest BCUT2D eigenvalue weighted by Gasteiger charge is 2.21. The van der Waals surface area contributed by atoms with Crippen molar-refractivity contribution in [2.24, 2.45) is 0 Å². The Kier molecular flexibility index (Phi) is 5.10. The molecule has 7 heteroatoms. The van der Waals surface area contributed by atoms with E-state index in [1.807, 2.05) is 17.3 Å². The van der Waals surface area contributed by atoms with Gasteiger partial charge in [0, 0.05) is 57.4 Å². The zero-order valence-corrected chi connectivity index (χ0v) is 13.9. The number of H-pyrrole nitrogens is 1. The number of imidazole rings is 1. The first-order valence-corrected chi connectivity index (χ1v) is 8.37. The van der Waals surface area contributed by atoms with Gasteiger partial charge in [0.25, 0.3) is 5.91 Å². The number of aromatic nitrogens is 3. The van der Waals surface area contributed by atoms with Gasteiger partial charge in [-0.3, -0.25) is 14.5 Å². The van der Waals surface area contributed by atoms with Crippen LogP contribution in [0.3, 0.4) is 0 Å². The molecule has 0 aromatic carbocycles. The molecule has 1 aliphatic rings. The maximum atomic E-state index is 12.6. The van der Waals surface area contributed by atoms with Crippen LogP contribution in [0, 0.1) is 0 Å². The number of hydrogen-bond acceptors (Lipinski definition) is 4. The Morgan fingerprint density at radius 2 is 2.12 bits per heavy atom. The highest BCUT2D eigenvalue weighted by molar-refractivity contribution is 5.93. The molecular formula is C17H23N5O2. The zero-order chi connectivity index (χ0) is 16.9. The molecule has 0 aliphatic carbocycles. The molecule has 1 N–H and O–H groups in total. The maximum Gasteiger partial charge on any atom is 0.255 e. The Hall–Kier alpha value is -2.41. The summed E-state index contributed by atoms with van der Waals surface area (Å²) in [6, 6.07) is 2.98. The minimum atomic E-state index is -0.194. The van der Waals surface area contributed by atoms with Crippen molar-refractivity contribution in [3.63, 3.8) is 0 Å². The standard InChI is InChI=1S/C17H23N5O2/c1-2-21-9-6-18-15(21)13-20-7-3-8-22(11-10-20)17(24)14-4-5-16(23)19-12-14/h4-6,9,12H,2-3,7-8,10-11,13H2,1H3,(H,19,23). The summed E-state index contributed by atoms with van der Waals surface area (Å²) in [5.74, 6) is 1.04. The van der Waals surface area contributed by atoms with E-state index in [0.717, 1.165) is 45.0 Å². The molecule has 2 aromatic rings. The van der Waals surface area contributed by atoms with Gasteiger partial charge in [0.1, 0.15) is 5.82 Å². The molecule has 0 spiro atoms. The number of rotatable bonds is 4. The van der Waals surface area contributed by atoms with E-state index >= 15 is 0 Å². The highest BCUT2D eigenvalue weighted by Crippen LogP contribution is 2.11. The Labute approximate surface area is 140 Å². The van der Waals surface area contributed by atoms with Gasteiger partial charge < -0.3 is 14.5 Å². The number of hydrogen-bond donors (Lipinski definition) is 1. The van der Waals surface area contributed by atoms with Crippen LogP contribution in [-0.4, -0.2) is 56.4 Å². The number of aromatic amines is 1. The van der Waals surface area contributed by atoms with Crippen LogP contribution in [0.1, 0.15) is 29.5 Å². The van der Waals surface area contributed by atoms with Crippen LogP contribution in [0.15, 0.2) is 35.5 Å². The molecule has 0 atom stereocenters. The van der Waals surface area contributed by atoms with Crippen molar-refractivity contribution >= 4 is 5.91 Å². The summed E-state index contributed by atoms with van der Waals surface area (Å²) in [5.41, 5.74) is 0.338. The fourth-order valence-corrected chi connectivity index (χ4v) is 3.04. The quantitative estimate of drug-likeness (QED) is 0.906. The number of aryl methyl sites for hydroxylation is 1. The number of nitrogens with zero attached hydrogens (tertiary/aromatic N) is 4. The SMILES string of the molecule is CCn1ccnc1CN1CCCN(C(=O)c2ccc(=O)[nH]c2)CC1. The molecule has 1 saturated heterocycles. The van der Waals surface area contributed by atoms with Crippen LogP contribution in [-0.2, 0) is 13.1 Å². The van der Waals surface area contributed by atoms with E-state index in [2.05, 4.69) is 26.4 Å². The molecule has 3 heterocycles. The zero-order valence-electron chi connectivity index (χ0n) is 13.9. The van der Waals surface area contributed by atoms with Crippen molar-refractivity contribution in [1.29, 1.82) is 0 Å². The monoisotopic (exact) mass is 329 g/mol. The van der Waals surface area contributed by atoms with Crippen LogP contribution < -0.4 is 5.56 Å². The maximum absolute atomic E-state index is 12.6. The Morgan fingerprint density at radius 1 is 1.25 bits per heavy atom. The number of amides is 1. The summed E-state index contributed by atoms with van der Waals surface area (Å²) in [4.78, 5) is 34.9. The van der Waals surface area contributed by atoms with Gasteiger partial charge in [-0.2, -0.15) is 0 Å². The summed E-state index contributed by atoms with van der Waals surface area (Å²) < 4.78 is 2.15. The normalized spacial score (nSPS) is 16.1. The van der Waals surface area contributed by atoms with E-state index in [4.69, 9.17) is 0 Å². The molecule has 0 bridgehead atoms. The molecule has 24 heavy (non-hydrogen) atoms. The second kappa shape index (κ2) is 7.44. The van der Waals surface area contributed by atoms with Gasteiger partial charge in [0.2, 0.25) is 5.56 Å². The predicted molar refractivity (Wildman–Crippen MR) is 90.8 cm³/mol. The van der Waals surface area contributed by atoms with Crippen molar-refractivity contribution in [2.45, 2.75) is 26.4 Å². The fourth-order valence-electron chi connectivity index (χ4n) is 3.04. The van der Waals surface area contributed by atoms with Crippen molar-refractivity contribution < 1.29 is 4.79 Å². The van der Waals surface area contributed by atoms with Gasteiger partial charge in [0.05, 0.1) is 12.1 Å². The number of carbonyl (C=O) groups is 1. The minimum Gasteiger partial charge on any atom is -0.337 e. The topological polar surface area (TPSA) is 74.2 Å². The predicted octanol–water partition coefficient (Wildman–Crippen LogP) is 0.939. The van der Waals surface area contributed by atoms with Crippen LogP contribution in [0.5, 0.6) is 0 Å². The largest absolute Gasteiger partial charge is 0.337 e. The molecule has 7 nitrogen and oxygen atoms in total. The van der Waals surface area contributed by atoms with Crippen molar-refractivity contribution in [3.05, 3.63) is 52.5 Å². The summed E-state index contributed by atoms with van der Waals surface area (Å²) in [6.45, 7) is 7.03. The second-order valence-corrected chi connectivity index (χ2v) is 5.99. The minimum absolute atomic E-state index is 0.0249. The molecule has 128 valence electrons. The van der Waals surface area contributed by atoms with Crippen LogP contribution in [0.25, 0.3) is 0 Å². The van der Waals surface area contributed by atoms with Gasteiger partial charge in [0.15, 0.2) is 0 Å². The Morgan fingerprint density at radius 3 is 2.88 bits per heavy atom. The van der Waals surface area contributed by atoms with Crippen LogP contribution in [0.2, 0.25) is 0 Å². The average molecular weight is 329 g/mol. The number of carbonyl (C=O) groups excluding carboxylic acids is 1. The summed E-state index contributed by atoms with van der Waals surface area (Å²) in [5, 5.41) is 0. The van der Waals surface area contributed by atoms with Crippen molar-refractivity contribution in [3.8, 4) is 0 Å². The fraction of sp³-hybridized carbons (Fsp3) is 0.471. The smallest absolute Gasteiger partial charge is 0.255 e. The lowest BCUT2D eigenvalue weighted by molar-refractivity contribution is 0.0760. The average Bonchev–Trinajstić information content (AvgIpc) is 2.91. The third-order valence-corrected chi connectivity index (χ3v) is 4.41. The van der Waals surface area contributed by atoms with Gasteiger partial charge in [-0.1, -0.05) is 0 Å². The van der Waals surface area contributed by atoms with E-state index in [1.54, 1.807) is 6.07 Å². The summed E-state index contributed by atoms with van der Waals surface area (Å²) in [6.07, 6.45) is 6.26. The highest BCUT2D eigenvalue weighted by atomic mass is 16.2. The number of pyridine rings is 1. The molecular weight excluding hydrogens is 306 g/mol. The lowest BCUT2D eigenvalue weighted by Crippen LogP contribution is -2.35. The molecule has 3 rings (SSSR count). The lowest BCUT2D eigenvalue weighted by atomic mass is 10.2. The third-order valence-electron chi connectivity index (χ3n) is 4.41. The van der Waals surface area contributed by atoms with Gasteiger partial charge in [-0.15, -0.1) is 0 Å². The van der Waals surface area contributed by atoms with Gasteiger partial charge in [-0.05, 0) is 19.4 Å². The first kappa shape index (κ1) is 16.4. The van der Waals surface area contributed by atoms with E-state index in [-0.39, 0.29) is 11.5 Å². The molecule has 1 amide bonds. The van der Waals surface area contributed by atoms with E-state index in [0.29, 0.717) is 12.1 Å². The van der Waals surface area contributed by atoms with Gasteiger partial charge >= 0.3 is 0 Å². The van der Waals surface area contributed by atoms with Gasteiger partial charge in [-0.25, -0.2) is 4.98 Å². The molecule has 0 radical (unpaired) electrons. The molecule has 0 saturated carbocycles. The lowest BCUT2D eigenvalue weighted by Gasteiger charge is -2.22. The summed E-state index contributed by atoms with van der Waals surface area (Å²) in [7, 11) is 0. The summed E-state index contributed by atoms with van der Waals surface area (Å²) >= 11 is 0. The molecule has 2 aromatic heterocycles. The Bertz CT molecular complexity index is 731. The van der Waals surface area contributed by atoms with E-state index in [9.17, 15) is 9.59 Å². The van der Waals surface area contributed by atoms with Crippen molar-refractivity contribution in [1.82, 2.24) is 24.3 Å². The van der Waals surface area contributed by atoms with Crippen LogP contribution in [0.4, 0.5) is 0 Å². The van der Waals surface area contributed by atoms with Crippen LogP contribution >= 0.6 is 0 Å². The van der Waals surface area contributed by atoms with E-state index in [1.165, 1.54) is 12.3 Å². The van der Waals surface area contributed by atoms with E-state index < -0.39 is 0 Å². The molecule has 1 fully saturated rings. The molecule has 1 aliphatic heterocycles. The molecule has 0 unspecified atom stereocenters. The number of nitrogens with one attached hydrogen (secondary N) is 1. The first-order valence-electron chi connectivity index (χ1n) is 8.37. The third kappa shape index (κ3) is 3.73. The first-order chi connectivity index (χ1) is 11.7. The second-order valence-electron chi connectivity index (χ2n) is 5.99. The Balaban J connectivity index is 1.61.